The van der Waals surface area contributed by atoms with Gasteiger partial charge in [0, 0.05) is 0 Å². The van der Waals surface area contributed by atoms with Gasteiger partial charge in [0.1, 0.15) is 6.04 Å². The molecule has 6 heteroatoms. The van der Waals surface area contributed by atoms with E-state index in [2.05, 4.69) is 5.32 Å². The molecule has 0 spiro atoms. The first-order valence-electron chi connectivity index (χ1n) is 8.38. The van der Waals surface area contributed by atoms with Gasteiger partial charge in [-0.2, -0.15) is 0 Å². The highest BCUT2D eigenvalue weighted by atomic mass is 16.6. The summed E-state index contributed by atoms with van der Waals surface area (Å²) >= 11 is 0. The van der Waals surface area contributed by atoms with E-state index in [9.17, 15) is 9.59 Å². The Hall–Kier alpha value is -1.14. The summed E-state index contributed by atoms with van der Waals surface area (Å²) in [6, 6.07) is -0.573. The standard InChI is InChI=1S/C16H27NO5/c1-2-21-16(19)14(12-7-5-3-4-6-8-12)17-15(18)13-11-20-9-10-22-13/h12-14H,2-11H2,1H3,(H,17,18). The first-order valence-corrected chi connectivity index (χ1v) is 8.38. The molecule has 1 aliphatic heterocycles. The molecule has 1 heterocycles. The molecule has 1 saturated heterocycles. The molecular weight excluding hydrogens is 286 g/mol. The SMILES string of the molecule is CCOC(=O)C(NC(=O)C1COCCO1)C1CCCCCC1. The van der Waals surface area contributed by atoms with Crippen molar-refractivity contribution in [1.29, 1.82) is 0 Å². The lowest BCUT2D eigenvalue weighted by molar-refractivity contribution is -0.156. The van der Waals surface area contributed by atoms with Crippen molar-refractivity contribution in [2.24, 2.45) is 5.92 Å². The fourth-order valence-corrected chi connectivity index (χ4v) is 3.13. The Balaban J connectivity index is 1.99. The minimum absolute atomic E-state index is 0.148. The first-order chi connectivity index (χ1) is 10.7. The van der Waals surface area contributed by atoms with E-state index in [0.29, 0.717) is 19.8 Å². The summed E-state index contributed by atoms with van der Waals surface area (Å²) in [6.45, 7) is 3.26. The zero-order chi connectivity index (χ0) is 15.8. The second-order valence-electron chi connectivity index (χ2n) is 5.92. The van der Waals surface area contributed by atoms with Crippen LogP contribution in [0.4, 0.5) is 0 Å². The molecule has 6 nitrogen and oxygen atoms in total. The Bertz CT molecular complexity index is 360. The zero-order valence-electron chi connectivity index (χ0n) is 13.3. The molecule has 0 aromatic rings. The molecule has 2 fully saturated rings. The van der Waals surface area contributed by atoms with Crippen LogP contribution >= 0.6 is 0 Å². The number of rotatable bonds is 5. The van der Waals surface area contributed by atoms with E-state index in [1.807, 2.05) is 0 Å². The highest BCUT2D eigenvalue weighted by Crippen LogP contribution is 2.26. The number of carbonyl (C=O) groups excluding carboxylic acids is 2. The molecule has 126 valence electrons. The van der Waals surface area contributed by atoms with E-state index in [4.69, 9.17) is 14.2 Å². The fourth-order valence-electron chi connectivity index (χ4n) is 3.13. The minimum atomic E-state index is -0.628. The molecule has 2 unspecified atom stereocenters. The molecule has 0 aromatic carbocycles. The minimum Gasteiger partial charge on any atom is -0.464 e. The number of esters is 1. The van der Waals surface area contributed by atoms with Gasteiger partial charge in [0.25, 0.3) is 5.91 Å². The summed E-state index contributed by atoms with van der Waals surface area (Å²) in [7, 11) is 0. The van der Waals surface area contributed by atoms with Crippen molar-refractivity contribution >= 4 is 11.9 Å². The lowest BCUT2D eigenvalue weighted by Crippen LogP contribution is -2.52. The van der Waals surface area contributed by atoms with Gasteiger partial charge in [-0.05, 0) is 25.7 Å². The van der Waals surface area contributed by atoms with Gasteiger partial charge < -0.3 is 19.5 Å². The molecule has 2 atom stereocenters. The van der Waals surface area contributed by atoms with E-state index >= 15 is 0 Å². The normalized spacial score (nSPS) is 25.0. The first kappa shape index (κ1) is 17.2. The zero-order valence-corrected chi connectivity index (χ0v) is 13.3. The maximum absolute atomic E-state index is 12.3. The van der Waals surface area contributed by atoms with Crippen molar-refractivity contribution in [3.63, 3.8) is 0 Å². The van der Waals surface area contributed by atoms with Crippen LogP contribution in [-0.4, -0.2) is 50.4 Å². The largest absolute Gasteiger partial charge is 0.464 e. The van der Waals surface area contributed by atoms with Crippen LogP contribution in [0.3, 0.4) is 0 Å². The molecule has 2 aliphatic rings. The van der Waals surface area contributed by atoms with Gasteiger partial charge in [-0.1, -0.05) is 25.7 Å². The van der Waals surface area contributed by atoms with Crippen molar-refractivity contribution < 1.29 is 23.8 Å². The summed E-state index contributed by atoms with van der Waals surface area (Å²) in [5.74, 6) is -0.462. The van der Waals surface area contributed by atoms with E-state index in [1.54, 1.807) is 6.92 Å². The molecule has 2 rings (SSSR count). The van der Waals surface area contributed by atoms with Gasteiger partial charge in [0.2, 0.25) is 0 Å². The highest BCUT2D eigenvalue weighted by molar-refractivity contribution is 5.87. The third-order valence-corrected chi connectivity index (χ3v) is 4.32. The predicted molar refractivity (Wildman–Crippen MR) is 80.3 cm³/mol. The molecule has 1 aliphatic carbocycles. The Kier molecular flexibility index (Phi) is 7.12. The highest BCUT2D eigenvalue weighted by Gasteiger charge is 2.34. The van der Waals surface area contributed by atoms with Crippen LogP contribution in [0.2, 0.25) is 0 Å². The van der Waals surface area contributed by atoms with Crippen LogP contribution in [0, 0.1) is 5.92 Å². The van der Waals surface area contributed by atoms with E-state index in [-0.39, 0.29) is 24.4 Å². The Morgan fingerprint density at radius 3 is 2.50 bits per heavy atom. The molecular formula is C16H27NO5. The summed E-state index contributed by atoms with van der Waals surface area (Å²) in [6.07, 6.45) is 5.85. The van der Waals surface area contributed by atoms with Crippen LogP contribution in [-0.2, 0) is 23.8 Å². The van der Waals surface area contributed by atoms with Gasteiger partial charge in [0.15, 0.2) is 6.10 Å². The monoisotopic (exact) mass is 313 g/mol. The third kappa shape index (κ3) is 4.95. The Morgan fingerprint density at radius 1 is 1.18 bits per heavy atom. The number of hydrogen-bond acceptors (Lipinski definition) is 5. The number of carbonyl (C=O) groups is 2. The second-order valence-corrected chi connectivity index (χ2v) is 5.92. The predicted octanol–water partition coefficient (Wildman–Crippen LogP) is 1.42. The number of amides is 1. The Morgan fingerprint density at radius 2 is 1.91 bits per heavy atom. The molecule has 22 heavy (non-hydrogen) atoms. The van der Waals surface area contributed by atoms with Crippen molar-refractivity contribution in [3.05, 3.63) is 0 Å². The molecule has 1 amide bonds. The van der Waals surface area contributed by atoms with Gasteiger partial charge in [-0.25, -0.2) is 4.79 Å². The average Bonchev–Trinajstić information content (AvgIpc) is 2.82. The maximum atomic E-state index is 12.3. The fraction of sp³-hybridized carbons (Fsp3) is 0.875. The topological polar surface area (TPSA) is 73.9 Å². The second kappa shape index (κ2) is 9.10. The Labute approximate surface area is 131 Å². The van der Waals surface area contributed by atoms with Crippen molar-refractivity contribution in [2.45, 2.75) is 57.6 Å². The number of nitrogens with one attached hydrogen (secondary N) is 1. The smallest absolute Gasteiger partial charge is 0.328 e. The summed E-state index contributed by atoms with van der Waals surface area (Å²) in [4.78, 5) is 24.6. The van der Waals surface area contributed by atoms with Crippen LogP contribution in [0.25, 0.3) is 0 Å². The summed E-state index contributed by atoms with van der Waals surface area (Å²) in [5.41, 5.74) is 0. The summed E-state index contributed by atoms with van der Waals surface area (Å²) in [5, 5.41) is 2.85. The van der Waals surface area contributed by atoms with Gasteiger partial charge in [0.05, 0.1) is 26.4 Å². The van der Waals surface area contributed by atoms with Gasteiger partial charge >= 0.3 is 5.97 Å². The average molecular weight is 313 g/mol. The lowest BCUT2D eigenvalue weighted by Gasteiger charge is -2.28. The van der Waals surface area contributed by atoms with Gasteiger partial charge in [-0.15, -0.1) is 0 Å². The van der Waals surface area contributed by atoms with Crippen molar-refractivity contribution in [3.8, 4) is 0 Å². The maximum Gasteiger partial charge on any atom is 0.328 e. The molecule has 1 saturated carbocycles. The molecule has 0 aromatic heterocycles. The molecule has 1 N–H and O–H groups in total. The van der Waals surface area contributed by atoms with Crippen molar-refractivity contribution in [1.82, 2.24) is 5.32 Å². The van der Waals surface area contributed by atoms with E-state index in [0.717, 1.165) is 25.7 Å². The van der Waals surface area contributed by atoms with Crippen molar-refractivity contribution in [2.75, 3.05) is 26.4 Å². The van der Waals surface area contributed by atoms with Gasteiger partial charge in [-0.3, -0.25) is 4.79 Å². The lowest BCUT2D eigenvalue weighted by atomic mass is 9.91. The third-order valence-electron chi connectivity index (χ3n) is 4.32. The van der Waals surface area contributed by atoms with Crippen LogP contribution < -0.4 is 5.32 Å². The van der Waals surface area contributed by atoms with E-state index < -0.39 is 12.1 Å². The van der Waals surface area contributed by atoms with E-state index in [1.165, 1.54) is 12.8 Å². The molecule has 0 bridgehead atoms. The molecule has 0 radical (unpaired) electrons. The number of ether oxygens (including phenoxy) is 3. The van der Waals surface area contributed by atoms with Crippen LogP contribution in [0.5, 0.6) is 0 Å². The van der Waals surface area contributed by atoms with Crippen LogP contribution in [0.1, 0.15) is 45.4 Å². The summed E-state index contributed by atoms with van der Waals surface area (Å²) < 4.78 is 15.8. The quantitative estimate of drug-likeness (QED) is 0.614. The van der Waals surface area contributed by atoms with Crippen LogP contribution in [0.15, 0.2) is 0 Å². The number of hydrogen-bond donors (Lipinski definition) is 1.